The van der Waals surface area contributed by atoms with E-state index < -0.39 is 5.97 Å². The summed E-state index contributed by atoms with van der Waals surface area (Å²) in [6.07, 6.45) is 0.776. The summed E-state index contributed by atoms with van der Waals surface area (Å²) in [5.41, 5.74) is 0.713. The van der Waals surface area contributed by atoms with Crippen molar-refractivity contribution in [1.82, 2.24) is 15.0 Å². The van der Waals surface area contributed by atoms with Crippen LogP contribution in [-0.2, 0) is 4.74 Å². The van der Waals surface area contributed by atoms with Gasteiger partial charge in [0, 0.05) is 13.7 Å². The van der Waals surface area contributed by atoms with Crippen molar-refractivity contribution in [2.75, 3.05) is 13.7 Å². The fourth-order valence-corrected chi connectivity index (χ4v) is 1.73. The highest BCUT2D eigenvalue weighted by molar-refractivity contribution is 5.86. The monoisotopic (exact) mass is 241 g/mol. The van der Waals surface area contributed by atoms with Crippen molar-refractivity contribution < 1.29 is 14.6 Å². The largest absolute Gasteiger partial charge is 0.476 e. The van der Waals surface area contributed by atoms with Gasteiger partial charge in [0.05, 0.1) is 11.7 Å². The van der Waals surface area contributed by atoms with Crippen LogP contribution in [0, 0.1) is 0 Å². The number of nitrogens with zero attached hydrogens (tertiary/aromatic N) is 3. The first-order chi connectivity index (χ1) is 7.99. The quantitative estimate of drug-likeness (QED) is 0.820. The SMILES string of the molecule is COCCC(C)n1nnc(C(=O)O)c1C(C)C. The zero-order valence-corrected chi connectivity index (χ0v) is 10.7. The molecule has 0 aliphatic carbocycles. The molecule has 0 bridgehead atoms. The van der Waals surface area contributed by atoms with Crippen molar-refractivity contribution in [1.29, 1.82) is 0 Å². The smallest absolute Gasteiger partial charge is 0.358 e. The topological polar surface area (TPSA) is 77.2 Å². The fraction of sp³-hybridized carbons (Fsp3) is 0.727. The Morgan fingerprint density at radius 2 is 2.12 bits per heavy atom. The van der Waals surface area contributed by atoms with Crippen molar-refractivity contribution in [3.8, 4) is 0 Å². The summed E-state index contributed by atoms with van der Waals surface area (Å²) in [6, 6.07) is 0.0768. The molecule has 0 fully saturated rings. The van der Waals surface area contributed by atoms with E-state index in [0.717, 1.165) is 6.42 Å². The van der Waals surface area contributed by atoms with Crippen molar-refractivity contribution in [3.63, 3.8) is 0 Å². The lowest BCUT2D eigenvalue weighted by Gasteiger charge is -2.16. The van der Waals surface area contributed by atoms with Gasteiger partial charge in [-0.25, -0.2) is 9.48 Å². The molecule has 1 atom stereocenters. The van der Waals surface area contributed by atoms with Gasteiger partial charge < -0.3 is 9.84 Å². The molecule has 0 saturated heterocycles. The molecule has 0 aliphatic heterocycles. The van der Waals surface area contributed by atoms with Gasteiger partial charge in [-0.3, -0.25) is 0 Å². The van der Waals surface area contributed by atoms with Gasteiger partial charge in [0.25, 0.3) is 0 Å². The molecule has 17 heavy (non-hydrogen) atoms. The van der Waals surface area contributed by atoms with Crippen LogP contribution in [0.4, 0.5) is 0 Å². The Morgan fingerprint density at radius 1 is 1.47 bits per heavy atom. The maximum absolute atomic E-state index is 11.0. The number of carboxylic acid groups (broad SMARTS) is 1. The summed E-state index contributed by atoms with van der Waals surface area (Å²) in [5.74, 6) is -0.958. The van der Waals surface area contributed by atoms with Crippen molar-refractivity contribution >= 4 is 5.97 Å². The highest BCUT2D eigenvalue weighted by atomic mass is 16.5. The molecule has 0 amide bonds. The zero-order chi connectivity index (χ0) is 13.0. The highest BCUT2D eigenvalue weighted by Crippen LogP contribution is 2.22. The molecule has 0 radical (unpaired) electrons. The molecule has 6 nitrogen and oxygen atoms in total. The van der Waals surface area contributed by atoms with Crippen molar-refractivity contribution in [2.45, 2.75) is 39.2 Å². The number of aromatic nitrogens is 3. The molecule has 0 aliphatic rings. The zero-order valence-electron chi connectivity index (χ0n) is 10.7. The molecule has 1 aromatic heterocycles. The number of ether oxygens (including phenoxy) is 1. The van der Waals surface area contributed by atoms with Crippen LogP contribution in [0.25, 0.3) is 0 Å². The molecular formula is C11H19N3O3. The number of methoxy groups -OCH3 is 1. The molecule has 0 spiro atoms. The van der Waals surface area contributed by atoms with E-state index in [2.05, 4.69) is 10.3 Å². The van der Waals surface area contributed by atoms with E-state index in [-0.39, 0.29) is 17.7 Å². The summed E-state index contributed by atoms with van der Waals surface area (Å²) in [7, 11) is 1.64. The summed E-state index contributed by atoms with van der Waals surface area (Å²) >= 11 is 0. The third-order valence-corrected chi connectivity index (χ3v) is 2.64. The average molecular weight is 241 g/mol. The third-order valence-electron chi connectivity index (χ3n) is 2.64. The Labute approximate surface area is 101 Å². The number of carboxylic acids is 1. The first-order valence-corrected chi connectivity index (χ1v) is 5.66. The fourth-order valence-electron chi connectivity index (χ4n) is 1.73. The molecule has 0 aromatic carbocycles. The van der Waals surface area contributed by atoms with Gasteiger partial charge in [-0.1, -0.05) is 19.1 Å². The molecule has 96 valence electrons. The third kappa shape index (κ3) is 3.03. The first kappa shape index (κ1) is 13.6. The Kier molecular flexibility index (Phi) is 4.62. The van der Waals surface area contributed by atoms with E-state index in [0.29, 0.717) is 12.3 Å². The predicted octanol–water partition coefficient (Wildman–Crippen LogP) is 1.70. The van der Waals surface area contributed by atoms with E-state index in [9.17, 15) is 4.79 Å². The van der Waals surface area contributed by atoms with E-state index in [1.165, 1.54) is 0 Å². The number of aromatic carboxylic acids is 1. The minimum Gasteiger partial charge on any atom is -0.476 e. The van der Waals surface area contributed by atoms with Gasteiger partial charge in [0.15, 0.2) is 5.69 Å². The maximum Gasteiger partial charge on any atom is 0.358 e. The average Bonchev–Trinajstić information content (AvgIpc) is 2.70. The van der Waals surface area contributed by atoms with Crippen LogP contribution >= 0.6 is 0 Å². The van der Waals surface area contributed by atoms with Crippen LogP contribution in [-0.4, -0.2) is 39.8 Å². The molecule has 1 rings (SSSR count). The second-order valence-corrected chi connectivity index (χ2v) is 4.36. The minimum atomic E-state index is -1.03. The Bertz CT molecular complexity index is 387. The Hall–Kier alpha value is -1.43. The Balaban J connectivity index is 3.03. The molecular weight excluding hydrogens is 222 g/mol. The predicted molar refractivity (Wildman–Crippen MR) is 62.3 cm³/mol. The summed E-state index contributed by atoms with van der Waals surface area (Å²) in [5, 5.41) is 16.7. The molecule has 1 aromatic rings. The van der Waals surface area contributed by atoms with Gasteiger partial charge in [-0.2, -0.15) is 0 Å². The Morgan fingerprint density at radius 3 is 2.59 bits per heavy atom. The van der Waals surface area contributed by atoms with Crippen molar-refractivity contribution in [3.05, 3.63) is 11.4 Å². The van der Waals surface area contributed by atoms with Crippen LogP contribution in [0.5, 0.6) is 0 Å². The lowest BCUT2D eigenvalue weighted by atomic mass is 10.1. The second-order valence-electron chi connectivity index (χ2n) is 4.36. The lowest BCUT2D eigenvalue weighted by Crippen LogP contribution is -2.15. The normalized spacial score (nSPS) is 13.0. The van der Waals surface area contributed by atoms with E-state index in [4.69, 9.17) is 9.84 Å². The van der Waals surface area contributed by atoms with Gasteiger partial charge >= 0.3 is 5.97 Å². The van der Waals surface area contributed by atoms with Crippen LogP contribution in [0.1, 0.15) is 55.3 Å². The van der Waals surface area contributed by atoms with Gasteiger partial charge in [-0.05, 0) is 19.3 Å². The molecule has 1 N–H and O–H groups in total. The standard InChI is InChI=1S/C11H19N3O3/c1-7(2)10-9(11(15)16)12-13-14(10)8(3)5-6-17-4/h7-8H,5-6H2,1-4H3,(H,15,16). The van der Waals surface area contributed by atoms with E-state index >= 15 is 0 Å². The summed E-state index contributed by atoms with van der Waals surface area (Å²) < 4.78 is 6.70. The number of hydrogen-bond donors (Lipinski definition) is 1. The maximum atomic E-state index is 11.0. The van der Waals surface area contributed by atoms with Crippen LogP contribution in [0.15, 0.2) is 0 Å². The van der Waals surface area contributed by atoms with Crippen LogP contribution < -0.4 is 0 Å². The van der Waals surface area contributed by atoms with Gasteiger partial charge in [0.2, 0.25) is 0 Å². The van der Waals surface area contributed by atoms with E-state index in [1.807, 2.05) is 20.8 Å². The summed E-state index contributed by atoms with van der Waals surface area (Å²) in [4.78, 5) is 11.0. The number of hydrogen-bond acceptors (Lipinski definition) is 4. The first-order valence-electron chi connectivity index (χ1n) is 5.66. The molecule has 6 heteroatoms. The van der Waals surface area contributed by atoms with Crippen LogP contribution in [0.2, 0.25) is 0 Å². The van der Waals surface area contributed by atoms with Gasteiger partial charge in [0.1, 0.15) is 0 Å². The highest BCUT2D eigenvalue weighted by Gasteiger charge is 2.23. The van der Waals surface area contributed by atoms with Crippen LogP contribution in [0.3, 0.4) is 0 Å². The lowest BCUT2D eigenvalue weighted by molar-refractivity contribution is 0.0688. The van der Waals surface area contributed by atoms with E-state index in [1.54, 1.807) is 11.8 Å². The molecule has 1 unspecified atom stereocenters. The second kappa shape index (κ2) is 5.77. The van der Waals surface area contributed by atoms with Gasteiger partial charge in [-0.15, -0.1) is 5.10 Å². The molecule has 0 saturated carbocycles. The minimum absolute atomic E-state index is 0.0456. The molecule has 1 heterocycles. The van der Waals surface area contributed by atoms with Crippen molar-refractivity contribution in [2.24, 2.45) is 0 Å². The summed E-state index contributed by atoms with van der Waals surface area (Å²) in [6.45, 7) is 6.46. The number of carbonyl (C=O) groups is 1. The number of rotatable bonds is 6.